The van der Waals surface area contributed by atoms with Crippen LogP contribution in [0, 0.1) is 6.92 Å². The van der Waals surface area contributed by atoms with Crippen molar-refractivity contribution in [1.29, 1.82) is 0 Å². The summed E-state index contributed by atoms with van der Waals surface area (Å²) in [7, 11) is 0. The summed E-state index contributed by atoms with van der Waals surface area (Å²) in [5, 5.41) is 3.66. The van der Waals surface area contributed by atoms with Gasteiger partial charge in [-0.2, -0.15) is 0 Å². The fourth-order valence-corrected chi connectivity index (χ4v) is 5.11. The van der Waals surface area contributed by atoms with Crippen LogP contribution in [0.4, 0.5) is 0 Å². The average molecular weight is 546 g/mol. The lowest BCUT2D eigenvalue weighted by molar-refractivity contribution is -0.120. The van der Waals surface area contributed by atoms with Gasteiger partial charge in [0.25, 0.3) is 0 Å². The van der Waals surface area contributed by atoms with Gasteiger partial charge in [0.1, 0.15) is 11.6 Å². The van der Waals surface area contributed by atoms with E-state index < -0.39 is 0 Å². The summed E-state index contributed by atoms with van der Waals surface area (Å²) in [5.41, 5.74) is 5.56. The summed E-state index contributed by atoms with van der Waals surface area (Å²) in [5.74, 6) is 2.57. The highest BCUT2D eigenvalue weighted by atomic mass is 35.5. The maximum atomic E-state index is 12.3. The van der Waals surface area contributed by atoms with Crippen molar-refractivity contribution in [2.45, 2.75) is 71.8 Å². The molecule has 1 N–H and O–H groups in total. The van der Waals surface area contributed by atoms with E-state index in [1.54, 1.807) is 0 Å². The Kier molecular flexibility index (Phi) is 10.4. The molecule has 0 aliphatic heterocycles. The van der Waals surface area contributed by atoms with Gasteiger partial charge in [0.05, 0.1) is 24.1 Å². The van der Waals surface area contributed by atoms with Crippen LogP contribution in [-0.2, 0) is 24.2 Å². The fraction of sp³-hybridized carbons (Fsp3) is 0.394. The Morgan fingerprint density at radius 1 is 1.00 bits per heavy atom. The van der Waals surface area contributed by atoms with Crippen LogP contribution in [-0.4, -0.2) is 28.6 Å². The van der Waals surface area contributed by atoms with Crippen LogP contribution in [0.3, 0.4) is 0 Å². The number of halogens is 1. The van der Waals surface area contributed by atoms with Gasteiger partial charge in [-0.1, -0.05) is 74.3 Å². The van der Waals surface area contributed by atoms with Gasteiger partial charge in [-0.15, -0.1) is 0 Å². The predicted molar refractivity (Wildman–Crippen MR) is 161 cm³/mol. The maximum Gasteiger partial charge on any atom is 0.224 e. The molecule has 4 aromatic rings. The molecule has 0 aliphatic rings. The van der Waals surface area contributed by atoms with E-state index in [2.05, 4.69) is 67.1 Å². The SMILES string of the molecule is Cc1ccc(C(C)C)c(OCCCn2c(CCCCCNC(=O)Cc3ccccc3Cl)nc3ccccc32)c1. The standard InChI is InChI=1S/C33H40ClN3O2/c1-24(2)27-18-17-25(3)22-31(27)39-21-11-20-37-30-15-9-8-14-29(30)36-32(37)16-5-4-10-19-35-33(38)23-26-12-6-7-13-28(26)34/h6-9,12-15,17-18,22,24H,4-5,10-11,16,19-21,23H2,1-3H3,(H,35,38). The highest BCUT2D eigenvalue weighted by molar-refractivity contribution is 6.31. The van der Waals surface area contributed by atoms with Gasteiger partial charge in [-0.05, 0) is 73.1 Å². The van der Waals surface area contributed by atoms with Crippen molar-refractivity contribution < 1.29 is 9.53 Å². The Morgan fingerprint density at radius 3 is 2.62 bits per heavy atom. The Hall–Kier alpha value is -3.31. The Balaban J connectivity index is 1.25. The number of benzene rings is 3. The molecule has 0 saturated carbocycles. The third kappa shape index (κ3) is 8.09. The van der Waals surface area contributed by atoms with Gasteiger partial charge in [0.2, 0.25) is 5.91 Å². The highest BCUT2D eigenvalue weighted by Crippen LogP contribution is 2.28. The Morgan fingerprint density at radius 2 is 1.79 bits per heavy atom. The van der Waals surface area contributed by atoms with Crippen molar-refractivity contribution in [3.05, 3.63) is 94.3 Å². The number of carbonyl (C=O) groups excluding carboxylic acids is 1. The second-order valence-corrected chi connectivity index (χ2v) is 10.9. The van der Waals surface area contributed by atoms with E-state index in [9.17, 15) is 4.79 Å². The zero-order chi connectivity index (χ0) is 27.6. The van der Waals surface area contributed by atoms with Crippen molar-refractivity contribution in [3.8, 4) is 5.75 Å². The topological polar surface area (TPSA) is 56.1 Å². The van der Waals surface area contributed by atoms with Gasteiger partial charge >= 0.3 is 0 Å². The van der Waals surface area contributed by atoms with Crippen LogP contribution < -0.4 is 10.1 Å². The molecule has 3 aromatic carbocycles. The average Bonchev–Trinajstić information content (AvgIpc) is 3.27. The van der Waals surface area contributed by atoms with Crippen LogP contribution in [0.1, 0.15) is 68.0 Å². The first-order valence-electron chi connectivity index (χ1n) is 14.1. The number of fused-ring (bicyclic) bond motifs is 1. The van der Waals surface area contributed by atoms with Gasteiger partial charge in [0, 0.05) is 24.5 Å². The molecule has 4 rings (SSSR count). The third-order valence-corrected chi connectivity index (χ3v) is 7.39. The number of hydrogen-bond acceptors (Lipinski definition) is 3. The molecule has 0 saturated heterocycles. The first kappa shape index (κ1) is 28.7. The van der Waals surface area contributed by atoms with Crippen LogP contribution >= 0.6 is 11.6 Å². The lowest BCUT2D eigenvalue weighted by Gasteiger charge is -2.15. The number of nitrogens with zero attached hydrogens (tertiary/aromatic N) is 2. The normalized spacial score (nSPS) is 11.3. The number of ether oxygens (including phenoxy) is 1. The number of carbonyl (C=O) groups is 1. The van der Waals surface area contributed by atoms with Gasteiger partial charge in [-0.3, -0.25) is 4.79 Å². The smallest absolute Gasteiger partial charge is 0.224 e. The first-order valence-corrected chi connectivity index (χ1v) is 14.5. The van der Waals surface area contributed by atoms with Gasteiger partial charge < -0.3 is 14.6 Å². The molecule has 0 atom stereocenters. The molecule has 0 aliphatic carbocycles. The molecule has 0 fully saturated rings. The summed E-state index contributed by atoms with van der Waals surface area (Å²) < 4.78 is 8.59. The maximum absolute atomic E-state index is 12.3. The minimum absolute atomic E-state index is 0.0123. The summed E-state index contributed by atoms with van der Waals surface area (Å²) in [4.78, 5) is 17.2. The van der Waals surface area contributed by atoms with E-state index in [1.165, 1.54) is 16.6 Å². The monoisotopic (exact) mass is 545 g/mol. The van der Waals surface area contributed by atoms with Crippen LogP contribution in [0.25, 0.3) is 11.0 Å². The third-order valence-electron chi connectivity index (χ3n) is 7.02. The molecule has 1 aromatic heterocycles. The summed E-state index contributed by atoms with van der Waals surface area (Å²) >= 11 is 6.17. The van der Waals surface area contributed by atoms with E-state index in [-0.39, 0.29) is 5.91 Å². The lowest BCUT2D eigenvalue weighted by atomic mass is 10.0. The zero-order valence-corrected chi connectivity index (χ0v) is 24.1. The molecule has 0 spiro atoms. The molecular weight excluding hydrogens is 506 g/mol. The Labute approximate surface area is 237 Å². The molecule has 0 unspecified atom stereocenters. The summed E-state index contributed by atoms with van der Waals surface area (Å²) in [6.07, 6.45) is 5.15. The molecule has 39 heavy (non-hydrogen) atoms. The minimum Gasteiger partial charge on any atom is -0.493 e. The number of hydrogen-bond donors (Lipinski definition) is 1. The Bertz CT molecular complexity index is 1380. The van der Waals surface area contributed by atoms with Crippen molar-refractivity contribution in [2.75, 3.05) is 13.2 Å². The van der Waals surface area contributed by atoms with Crippen molar-refractivity contribution in [3.63, 3.8) is 0 Å². The van der Waals surface area contributed by atoms with E-state index in [0.29, 0.717) is 30.5 Å². The van der Waals surface area contributed by atoms with Crippen LogP contribution in [0.5, 0.6) is 5.75 Å². The van der Waals surface area contributed by atoms with Crippen molar-refractivity contribution in [2.24, 2.45) is 0 Å². The first-order chi connectivity index (χ1) is 18.9. The van der Waals surface area contributed by atoms with Gasteiger partial charge in [0.15, 0.2) is 0 Å². The van der Waals surface area contributed by atoms with Crippen molar-refractivity contribution in [1.82, 2.24) is 14.9 Å². The van der Waals surface area contributed by atoms with E-state index in [0.717, 1.165) is 61.3 Å². The number of rotatable bonds is 14. The molecule has 0 bridgehead atoms. The quantitative estimate of drug-likeness (QED) is 0.165. The molecular formula is C33H40ClN3O2. The molecule has 5 nitrogen and oxygen atoms in total. The zero-order valence-electron chi connectivity index (χ0n) is 23.4. The van der Waals surface area contributed by atoms with E-state index in [1.807, 2.05) is 30.3 Å². The second kappa shape index (κ2) is 14.2. The summed E-state index contributed by atoms with van der Waals surface area (Å²) in [6, 6.07) is 22.3. The predicted octanol–water partition coefficient (Wildman–Crippen LogP) is 7.66. The van der Waals surface area contributed by atoms with Crippen LogP contribution in [0.15, 0.2) is 66.7 Å². The number of aromatic nitrogens is 2. The second-order valence-electron chi connectivity index (χ2n) is 10.5. The molecule has 206 valence electrons. The largest absolute Gasteiger partial charge is 0.493 e. The lowest BCUT2D eigenvalue weighted by Crippen LogP contribution is -2.26. The molecule has 1 amide bonds. The van der Waals surface area contributed by atoms with Crippen LogP contribution in [0.2, 0.25) is 5.02 Å². The molecule has 0 radical (unpaired) electrons. The fourth-order valence-electron chi connectivity index (χ4n) is 4.90. The summed E-state index contributed by atoms with van der Waals surface area (Å²) in [6.45, 7) is 8.73. The number of para-hydroxylation sites is 2. The highest BCUT2D eigenvalue weighted by Gasteiger charge is 2.12. The number of aryl methyl sites for hydroxylation is 3. The van der Waals surface area contributed by atoms with Gasteiger partial charge in [-0.25, -0.2) is 4.98 Å². The minimum atomic E-state index is 0.0123. The van der Waals surface area contributed by atoms with Crippen molar-refractivity contribution >= 4 is 28.5 Å². The molecule has 6 heteroatoms. The number of nitrogens with one attached hydrogen (secondary N) is 1. The van der Waals surface area contributed by atoms with E-state index in [4.69, 9.17) is 21.3 Å². The number of unbranched alkanes of at least 4 members (excludes halogenated alkanes) is 2. The number of imidazole rings is 1. The van der Waals surface area contributed by atoms with E-state index >= 15 is 0 Å². The molecule has 1 heterocycles. The number of amides is 1.